The van der Waals surface area contributed by atoms with Gasteiger partial charge in [-0.2, -0.15) is 0 Å². The minimum atomic E-state index is -0.496. The maximum atomic E-state index is 12.0. The monoisotopic (exact) mass is 296 g/mol. The summed E-state index contributed by atoms with van der Waals surface area (Å²) in [5, 5.41) is 11.0. The van der Waals surface area contributed by atoms with Crippen molar-refractivity contribution in [3.8, 4) is 11.1 Å². The predicted molar refractivity (Wildman–Crippen MR) is 80.3 cm³/mol. The van der Waals surface area contributed by atoms with Crippen molar-refractivity contribution in [3.63, 3.8) is 0 Å². The van der Waals surface area contributed by atoms with Crippen molar-refractivity contribution in [1.29, 1.82) is 0 Å². The number of carbonyl (C=O) groups excluding carboxylic acids is 2. The van der Waals surface area contributed by atoms with Crippen molar-refractivity contribution in [3.05, 3.63) is 58.6 Å². The van der Waals surface area contributed by atoms with E-state index in [1.54, 1.807) is 24.3 Å². The highest BCUT2D eigenvalue weighted by Gasteiger charge is 2.32. The van der Waals surface area contributed by atoms with Crippen LogP contribution in [0.4, 0.5) is 11.4 Å². The van der Waals surface area contributed by atoms with Gasteiger partial charge in [0.15, 0.2) is 0 Å². The molecule has 6 nitrogen and oxygen atoms in total. The van der Waals surface area contributed by atoms with Gasteiger partial charge in [-0.1, -0.05) is 30.3 Å². The second kappa shape index (κ2) is 5.40. The van der Waals surface area contributed by atoms with Gasteiger partial charge < -0.3 is 0 Å². The van der Waals surface area contributed by atoms with Gasteiger partial charge in [0, 0.05) is 30.5 Å². The topological polar surface area (TPSA) is 80.5 Å². The van der Waals surface area contributed by atoms with E-state index >= 15 is 0 Å². The number of hydrogen-bond donors (Lipinski definition) is 0. The Bertz CT molecular complexity index is 755. The molecule has 0 aromatic heterocycles. The molecule has 1 saturated heterocycles. The Kier molecular flexibility index (Phi) is 3.42. The van der Waals surface area contributed by atoms with Crippen LogP contribution in [0.1, 0.15) is 12.8 Å². The molecule has 1 heterocycles. The van der Waals surface area contributed by atoms with Crippen molar-refractivity contribution in [1.82, 2.24) is 0 Å². The lowest BCUT2D eigenvalue weighted by molar-refractivity contribution is -0.384. The number of carbonyl (C=O) groups is 2. The van der Waals surface area contributed by atoms with Gasteiger partial charge in [-0.3, -0.25) is 19.7 Å². The number of anilines is 1. The van der Waals surface area contributed by atoms with Gasteiger partial charge in [-0.05, 0) is 11.6 Å². The molecule has 6 heteroatoms. The zero-order chi connectivity index (χ0) is 15.7. The maximum Gasteiger partial charge on any atom is 0.270 e. The molecule has 1 aliphatic heterocycles. The number of nitrogens with zero attached hydrogens (tertiary/aromatic N) is 2. The fourth-order valence-corrected chi connectivity index (χ4v) is 2.53. The van der Waals surface area contributed by atoms with Gasteiger partial charge >= 0.3 is 0 Å². The van der Waals surface area contributed by atoms with Crippen LogP contribution in [0.2, 0.25) is 0 Å². The standard InChI is InChI=1S/C16H12N2O4/c19-15-8-9-16(20)17(15)14-7-6-12(18(21)22)10-13(14)11-4-2-1-3-5-11/h1-7,10H,8-9H2. The summed E-state index contributed by atoms with van der Waals surface area (Å²) in [4.78, 5) is 35.5. The Morgan fingerprint density at radius 2 is 1.59 bits per heavy atom. The Morgan fingerprint density at radius 1 is 0.955 bits per heavy atom. The van der Waals surface area contributed by atoms with E-state index in [4.69, 9.17) is 0 Å². The molecule has 2 aromatic rings. The van der Waals surface area contributed by atoms with Crippen LogP contribution in [0, 0.1) is 10.1 Å². The summed E-state index contributed by atoms with van der Waals surface area (Å²) in [7, 11) is 0. The van der Waals surface area contributed by atoms with E-state index in [0.717, 1.165) is 4.90 Å². The number of imide groups is 1. The average molecular weight is 296 g/mol. The van der Waals surface area contributed by atoms with Gasteiger partial charge in [-0.25, -0.2) is 4.90 Å². The number of hydrogen-bond acceptors (Lipinski definition) is 4. The van der Waals surface area contributed by atoms with Crippen LogP contribution in [0.25, 0.3) is 11.1 Å². The lowest BCUT2D eigenvalue weighted by Crippen LogP contribution is -2.29. The van der Waals surface area contributed by atoms with Gasteiger partial charge in [0.2, 0.25) is 11.8 Å². The molecule has 0 aliphatic carbocycles. The van der Waals surface area contributed by atoms with Gasteiger partial charge in [-0.15, -0.1) is 0 Å². The van der Waals surface area contributed by atoms with Gasteiger partial charge in [0.05, 0.1) is 10.6 Å². The number of nitro groups is 1. The molecule has 0 spiro atoms. The van der Waals surface area contributed by atoms with E-state index in [-0.39, 0.29) is 30.3 Å². The lowest BCUT2D eigenvalue weighted by Gasteiger charge is -2.18. The summed E-state index contributed by atoms with van der Waals surface area (Å²) in [6.45, 7) is 0. The number of nitro benzene ring substituents is 1. The third kappa shape index (κ3) is 2.35. The molecule has 110 valence electrons. The molecule has 1 fully saturated rings. The number of benzene rings is 2. The fraction of sp³-hybridized carbons (Fsp3) is 0.125. The van der Waals surface area contributed by atoms with Crippen molar-refractivity contribution in [2.45, 2.75) is 12.8 Å². The van der Waals surface area contributed by atoms with E-state index in [2.05, 4.69) is 0 Å². The minimum Gasteiger partial charge on any atom is -0.274 e. The van der Waals surface area contributed by atoms with Crippen LogP contribution in [-0.4, -0.2) is 16.7 Å². The van der Waals surface area contributed by atoms with Crippen molar-refractivity contribution < 1.29 is 14.5 Å². The molecule has 2 aromatic carbocycles. The van der Waals surface area contributed by atoms with Crippen LogP contribution in [0.3, 0.4) is 0 Å². The molecule has 0 N–H and O–H groups in total. The summed E-state index contributed by atoms with van der Waals surface area (Å²) in [6.07, 6.45) is 0.341. The smallest absolute Gasteiger partial charge is 0.270 e. The molecular weight excluding hydrogens is 284 g/mol. The first kappa shape index (κ1) is 13.9. The van der Waals surface area contributed by atoms with E-state index in [9.17, 15) is 19.7 Å². The van der Waals surface area contributed by atoms with Crippen molar-refractivity contribution in [2.24, 2.45) is 0 Å². The highest BCUT2D eigenvalue weighted by molar-refractivity contribution is 6.21. The number of amides is 2. The van der Waals surface area contributed by atoms with Crippen LogP contribution in [-0.2, 0) is 9.59 Å². The molecule has 0 unspecified atom stereocenters. The highest BCUT2D eigenvalue weighted by atomic mass is 16.6. The Labute approximate surface area is 126 Å². The maximum absolute atomic E-state index is 12.0. The van der Waals surface area contributed by atoms with Gasteiger partial charge in [0.1, 0.15) is 0 Å². The fourth-order valence-electron chi connectivity index (χ4n) is 2.53. The number of rotatable bonds is 3. The molecule has 1 aliphatic rings. The summed E-state index contributed by atoms with van der Waals surface area (Å²) in [5.74, 6) is -0.563. The first-order valence-electron chi connectivity index (χ1n) is 6.77. The summed E-state index contributed by atoms with van der Waals surface area (Å²) >= 11 is 0. The first-order valence-corrected chi connectivity index (χ1v) is 6.77. The van der Waals surface area contributed by atoms with Crippen LogP contribution >= 0.6 is 0 Å². The second-order valence-electron chi connectivity index (χ2n) is 4.95. The SMILES string of the molecule is O=C1CCC(=O)N1c1ccc([N+](=O)[O-])cc1-c1ccccc1. The molecule has 0 radical (unpaired) electrons. The molecule has 2 amide bonds. The molecule has 3 rings (SSSR count). The van der Waals surface area contributed by atoms with Crippen molar-refractivity contribution >= 4 is 23.2 Å². The van der Waals surface area contributed by atoms with E-state index < -0.39 is 4.92 Å². The second-order valence-corrected chi connectivity index (χ2v) is 4.95. The molecule has 0 atom stereocenters. The third-order valence-electron chi connectivity index (χ3n) is 3.57. The number of non-ortho nitro benzene ring substituents is 1. The Morgan fingerprint density at radius 3 is 2.18 bits per heavy atom. The average Bonchev–Trinajstić information content (AvgIpc) is 2.86. The van der Waals surface area contributed by atoms with Gasteiger partial charge in [0.25, 0.3) is 5.69 Å². The zero-order valence-corrected chi connectivity index (χ0v) is 11.6. The summed E-state index contributed by atoms with van der Waals surface area (Å²) in [6, 6.07) is 13.1. The van der Waals surface area contributed by atoms with E-state index in [0.29, 0.717) is 16.8 Å². The van der Waals surface area contributed by atoms with Crippen LogP contribution in [0.15, 0.2) is 48.5 Å². The molecule has 0 bridgehead atoms. The Hall–Kier alpha value is -3.02. The quantitative estimate of drug-likeness (QED) is 0.495. The lowest BCUT2D eigenvalue weighted by atomic mass is 10.0. The predicted octanol–water partition coefficient (Wildman–Crippen LogP) is 2.92. The largest absolute Gasteiger partial charge is 0.274 e. The normalized spacial score (nSPS) is 14.5. The van der Waals surface area contributed by atoms with Crippen LogP contribution < -0.4 is 4.90 Å². The van der Waals surface area contributed by atoms with E-state index in [1.807, 2.05) is 6.07 Å². The van der Waals surface area contributed by atoms with Crippen molar-refractivity contribution in [2.75, 3.05) is 4.90 Å². The third-order valence-corrected chi connectivity index (χ3v) is 3.57. The first-order chi connectivity index (χ1) is 10.6. The van der Waals surface area contributed by atoms with E-state index in [1.165, 1.54) is 18.2 Å². The summed E-state index contributed by atoms with van der Waals surface area (Å²) < 4.78 is 0. The van der Waals surface area contributed by atoms with Crippen LogP contribution in [0.5, 0.6) is 0 Å². The molecular formula is C16H12N2O4. The minimum absolute atomic E-state index is 0.0818. The Balaban J connectivity index is 2.20. The molecule has 0 saturated carbocycles. The summed E-state index contributed by atoms with van der Waals surface area (Å²) in [5.41, 5.74) is 1.53. The molecule has 22 heavy (non-hydrogen) atoms. The highest BCUT2D eigenvalue weighted by Crippen LogP contribution is 2.36. The zero-order valence-electron chi connectivity index (χ0n) is 11.6.